The summed E-state index contributed by atoms with van der Waals surface area (Å²) >= 11 is 12.2. The number of rotatable bonds is 13. The molecule has 186 valence electrons. The van der Waals surface area contributed by atoms with Crippen molar-refractivity contribution in [3.63, 3.8) is 0 Å². The third kappa shape index (κ3) is 8.56. The van der Waals surface area contributed by atoms with E-state index in [1.165, 1.54) is 14.2 Å². The van der Waals surface area contributed by atoms with E-state index in [1.54, 1.807) is 6.07 Å². The summed E-state index contributed by atoms with van der Waals surface area (Å²) in [6.07, 6.45) is -0.665. The van der Waals surface area contributed by atoms with E-state index in [9.17, 15) is 14.7 Å². The quantitative estimate of drug-likeness (QED) is 0.311. The number of methoxy groups -OCH3 is 2. The molecule has 2 rings (SSSR count). The molecule has 0 heterocycles. The van der Waals surface area contributed by atoms with Gasteiger partial charge in [0.15, 0.2) is 6.10 Å². The highest BCUT2D eigenvalue weighted by Gasteiger charge is 2.35. The van der Waals surface area contributed by atoms with E-state index in [0.717, 1.165) is 29.5 Å². The Kier molecular flexibility index (Phi) is 11.8. The van der Waals surface area contributed by atoms with Crippen molar-refractivity contribution in [3.8, 4) is 11.1 Å². The van der Waals surface area contributed by atoms with Crippen LogP contribution >= 0.6 is 23.2 Å². The molecule has 0 saturated heterocycles. The first-order valence-corrected chi connectivity index (χ1v) is 11.8. The molecule has 9 heteroatoms. The predicted octanol–water partition coefficient (Wildman–Crippen LogP) is 4.05. The molecule has 2 N–H and O–H groups in total. The Morgan fingerprint density at radius 2 is 1.68 bits per heavy atom. The van der Waals surface area contributed by atoms with Crippen molar-refractivity contribution in [2.75, 3.05) is 27.4 Å². The molecule has 2 aromatic carbocycles. The smallest absolute Gasteiger partial charge is 0.337 e. The summed E-state index contributed by atoms with van der Waals surface area (Å²) in [5.74, 6) is -1.22. The van der Waals surface area contributed by atoms with E-state index in [4.69, 9.17) is 37.4 Å². The van der Waals surface area contributed by atoms with Crippen LogP contribution in [0.2, 0.25) is 10.0 Å². The summed E-state index contributed by atoms with van der Waals surface area (Å²) in [6, 6.07) is 12.2. The van der Waals surface area contributed by atoms with E-state index < -0.39 is 24.2 Å². The van der Waals surface area contributed by atoms with Gasteiger partial charge < -0.3 is 24.6 Å². The van der Waals surface area contributed by atoms with E-state index in [2.05, 4.69) is 5.32 Å². The van der Waals surface area contributed by atoms with Gasteiger partial charge in [-0.05, 0) is 47.7 Å². The van der Waals surface area contributed by atoms with Crippen LogP contribution in [0.4, 0.5) is 0 Å². The van der Waals surface area contributed by atoms with Gasteiger partial charge >= 0.3 is 5.97 Å². The van der Waals surface area contributed by atoms with Crippen molar-refractivity contribution in [3.05, 3.63) is 58.1 Å². The fourth-order valence-corrected chi connectivity index (χ4v) is 4.01. The van der Waals surface area contributed by atoms with Crippen LogP contribution in [-0.4, -0.2) is 62.7 Å². The molecule has 0 spiro atoms. The second-order valence-electron chi connectivity index (χ2n) is 7.82. The highest BCUT2D eigenvalue weighted by Crippen LogP contribution is 2.28. The Bertz CT molecular complexity index is 917. The maximum atomic E-state index is 12.3. The van der Waals surface area contributed by atoms with Crippen molar-refractivity contribution in [1.82, 2.24) is 5.32 Å². The van der Waals surface area contributed by atoms with E-state index in [-0.39, 0.29) is 12.5 Å². The number of aliphatic hydroxyl groups excluding tert-OH is 1. The predicted molar refractivity (Wildman–Crippen MR) is 132 cm³/mol. The van der Waals surface area contributed by atoms with Gasteiger partial charge in [0, 0.05) is 23.8 Å². The molecule has 0 bridgehead atoms. The standard InChI is InChI=1S/C25H31Cl2NO6/c1-4-5-10-34-24(23(30)25(31)33-3)21(28-22(29)15-32-2)11-16-6-8-17(9-7-16)18-12-19(26)14-20(27)13-18/h6-9,12-14,21,23-24,30H,4-5,10-11,15H2,1-3H3,(H,28,29)/t21-,23+,24-/m0/s1. The number of hydrogen-bond acceptors (Lipinski definition) is 6. The van der Waals surface area contributed by atoms with Crippen molar-refractivity contribution in [1.29, 1.82) is 0 Å². The molecule has 0 unspecified atom stereocenters. The summed E-state index contributed by atoms with van der Waals surface area (Å²) in [7, 11) is 2.60. The second kappa shape index (κ2) is 14.3. The number of nitrogens with one attached hydrogen (secondary N) is 1. The number of aliphatic hydroxyl groups is 1. The van der Waals surface area contributed by atoms with Crippen LogP contribution in [0.1, 0.15) is 25.3 Å². The lowest BCUT2D eigenvalue weighted by molar-refractivity contribution is -0.162. The second-order valence-corrected chi connectivity index (χ2v) is 8.70. The highest BCUT2D eigenvalue weighted by atomic mass is 35.5. The zero-order valence-corrected chi connectivity index (χ0v) is 21.1. The summed E-state index contributed by atoms with van der Waals surface area (Å²) < 4.78 is 15.5. The van der Waals surface area contributed by atoms with Crippen LogP contribution in [0.3, 0.4) is 0 Å². The summed E-state index contributed by atoms with van der Waals surface area (Å²) in [4.78, 5) is 24.4. The highest BCUT2D eigenvalue weighted by molar-refractivity contribution is 6.35. The fourth-order valence-electron chi connectivity index (χ4n) is 3.48. The number of amides is 1. The molecule has 0 aliphatic heterocycles. The summed E-state index contributed by atoms with van der Waals surface area (Å²) in [6.45, 7) is 2.16. The SMILES string of the molecule is CCCCO[C@@H]([C@H](Cc1ccc(-c2cc(Cl)cc(Cl)c2)cc1)NC(=O)COC)[C@@H](O)C(=O)OC. The van der Waals surface area contributed by atoms with Crippen LogP contribution < -0.4 is 5.32 Å². The van der Waals surface area contributed by atoms with Crippen molar-refractivity contribution in [2.45, 2.75) is 44.4 Å². The minimum atomic E-state index is -1.57. The largest absolute Gasteiger partial charge is 0.467 e. The number of unbranched alkanes of at least 4 members (excludes halogenated alkanes) is 1. The van der Waals surface area contributed by atoms with Gasteiger partial charge in [0.25, 0.3) is 0 Å². The molecular weight excluding hydrogens is 481 g/mol. The van der Waals surface area contributed by atoms with Gasteiger partial charge in [-0.15, -0.1) is 0 Å². The first-order valence-electron chi connectivity index (χ1n) is 11.0. The number of esters is 1. The Morgan fingerprint density at radius 3 is 2.24 bits per heavy atom. The lowest BCUT2D eigenvalue weighted by Crippen LogP contribution is -2.54. The molecule has 3 atom stereocenters. The monoisotopic (exact) mass is 511 g/mol. The molecule has 0 fully saturated rings. The van der Waals surface area contributed by atoms with Gasteiger partial charge in [-0.1, -0.05) is 60.8 Å². The summed E-state index contributed by atoms with van der Waals surface area (Å²) in [5, 5.41) is 14.5. The average molecular weight is 512 g/mol. The number of benzene rings is 2. The number of halogens is 2. The molecule has 0 aliphatic carbocycles. The molecule has 0 aromatic heterocycles. The maximum Gasteiger partial charge on any atom is 0.337 e. The van der Waals surface area contributed by atoms with Crippen molar-refractivity contribution in [2.24, 2.45) is 0 Å². The van der Waals surface area contributed by atoms with Gasteiger partial charge in [0.1, 0.15) is 12.7 Å². The van der Waals surface area contributed by atoms with Gasteiger partial charge in [0.05, 0.1) is 13.2 Å². The van der Waals surface area contributed by atoms with Gasteiger partial charge in [-0.3, -0.25) is 4.79 Å². The van der Waals surface area contributed by atoms with Gasteiger partial charge in [-0.25, -0.2) is 4.79 Å². The molecule has 34 heavy (non-hydrogen) atoms. The van der Waals surface area contributed by atoms with Crippen LogP contribution in [-0.2, 0) is 30.2 Å². The molecule has 0 radical (unpaired) electrons. The van der Waals surface area contributed by atoms with Gasteiger partial charge in [-0.2, -0.15) is 0 Å². The fraction of sp³-hybridized carbons (Fsp3) is 0.440. The molecular formula is C25H31Cl2NO6. The van der Waals surface area contributed by atoms with Crippen LogP contribution in [0.5, 0.6) is 0 Å². The maximum absolute atomic E-state index is 12.3. The third-order valence-electron chi connectivity index (χ3n) is 5.19. The number of carbonyl (C=O) groups is 2. The van der Waals surface area contributed by atoms with Crippen molar-refractivity contribution < 1.29 is 28.9 Å². The summed E-state index contributed by atoms with van der Waals surface area (Å²) in [5.41, 5.74) is 2.65. The topological polar surface area (TPSA) is 94.1 Å². The minimum Gasteiger partial charge on any atom is -0.467 e. The van der Waals surface area contributed by atoms with Crippen molar-refractivity contribution >= 4 is 35.1 Å². The Morgan fingerprint density at radius 1 is 1.03 bits per heavy atom. The molecule has 0 aliphatic rings. The molecule has 7 nitrogen and oxygen atoms in total. The Hall–Kier alpha value is -2.16. The van der Waals surface area contributed by atoms with Crippen LogP contribution in [0, 0.1) is 0 Å². The minimum absolute atomic E-state index is 0.166. The molecule has 2 aromatic rings. The van der Waals surface area contributed by atoms with E-state index in [0.29, 0.717) is 23.1 Å². The molecule has 0 saturated carbocycles. The zero-order chi connectivity index (χ0) is 25.1. The number of hydrogen-bond donors (Lipinski definition) is 2. The van der Waals surface area contributed by atoms with Gasteiger partial charge in [0.2, 0.25) is 5.91 Å². The van der Waals surface area contributed by atoms with E-state index in [1.807, 2.05) is 43.3 Å². The first kappa shape index (κ1) is 28.1. The third-order valence-corrected chi connectivity index (χ3v) is 5.62. The van der Waals surface area contributed by atoms with E-state index >= 15 is 0 Å². The number of carbonyl (C=O) groups excluding carboxylic acids is 2. The molecule has 1 amide bonds. The lowest BCUT2D eigenvalue weighted by Gasteiger charge is -2.31. The van der Waals surface area contributed by atoms with Crippen LogP contribution in [0.15, 0.2) is 42.5 Å². The normalized spacial score (nSPS) is 13.7. The Labute approximate surface area is 210 Å². The lowest BCUT2D eigenvalue weighted by atomic mass is 9.95. The Balaban J connectivity index is 2.30. The zero-order valence-electron chi connectivity index (χ0n) is 19.6. The number of ether oxygens (including phenoxy) is 3. The average Bonchev–Trinajstić information content (AvgIpc) is 2.80. The van der Waals surface area contributed by atoms with Crippen LogP contribution in [0.25, 0.3) is 11.1 Å². The first-order chi connectivity index (χ1) is 16.3.